The number of benzene rings is 1. The van der Waals surface area contributed by atoms with E-state index >= 15 is 0 Å². The Bertz CT molecular complexity index is 938. The standard InChI is InChI=1S/C20H21N3O4S/c1-13-19(22-27-20(13)16-11-28-12-21-16)14(10-18(25)26-3)9-17(24)23(2)15-7-5-4-6-8-15/h4-8,11-12,14H,9-10H2,1-3H3. The van der Waals surface area contributed by atoms with Crippen LogP contribution in [0.2, 0.25) is 0 Å². The highest BCUT2D eigenvalue weighted by molar-refractivity contribution is 7.07. The summed E-state index contributed by atoms with van der Waals surface area (Å²) in [6.45, 7) is 1.86. The first kappa shape index (κ1) is 19.8. The number of carbonyl (C=O) groups is 2. The molecule has 0 spiro atoms. The van der Waals surface area contributed by atoms with Crippen molar-refractivity contribution in [1.29, 1.82) is 0 Å². The molecule has 0 bridgehead atoms. The van der Waals surface area contributed by atoms with Crippen molar-refractivity contribution in [3.63, 3.8) is 0 Å². The summed E-state index contributed by atoms with van der Waals surface area (Å²) in [5, 5.41) is 6.02. The number of rotatable bonds is 7. The summed E-state index contributed by atoms with van der Waals surface area (Å²) >= 11 is 1.45. The second-order valence-electron chi connectivity index (χ2n) is 6.37. The molecule has 0 aliphatic carbocycles. The predicted octanol–water partition coefficient (Wildman–Crippen LogP) is 3.81. The van der Waals surface area contributed by atoms with Crippen molar-refractivity contribution in [3.8, 4) is 11.5 Å². The van der Waals surface area contributed by atoms with Gasteiger partial charge in [0.05, 0.1) is 24.7 Å². The molecule has 0 radical (unpaired) electrons. The fourth-order valence-corrected chi connectivity index (χ4v) is 3.52. The molecule has 2 heterocycles. The molecule has 0 saturated heterocycles. The van der Waals surface area contributed by atoms with Gasteiger partial charge in [-0.15, -0.1) is 11.3 Å². The molecular formula is C20H21N3O4S. The normalized spacial score (nSPS) is 11.8. The van der Waals surface area contributed by atoms with E-state index in [2.05, 4.69) is 10.1 Å². The van der Waals surface area contributed by atoms with E-state index in [9.17, 15) is 9.59 Å². The number of thiazole rings is 1. The van der Waals surface area contributed by atoms with Crippen molar-refractivity contribution in [2.75, 3.05) is 19.1 Å². The van der Waals surface area contributed by atoms with Gasteiger partial charge in [-0.05, 0) is 19.1 Å². The van der Waals surface area contributed by atoms with E-state index in [1.54, 1.807) is 17.5 Å². The van der Waals surface area contributed by atoms with E-state index in [4.69, 9.17) is 9.26 Å². The molecule has 1 aromatic carbocycles. The molecule has 0 fully saturated rings. The van der Waals surface area contributed by atoms with Crippen LogP contribution < -0.4 is 4.90 Å². The monoisotopic (exact) mass is 399 g/mol. The molecule has 2 aromatic heterocycles. The molecule has 1 unspecified atom stereocenters. The maximum Gasteiger partial charge on any atom is 0.306 e. The van der Waals surface area contributed by atoms with Crippen molar-refractivity contribution in [1.82, 2.24) is 10.1 Å². The number of ether oxygens (including phenoxy) is 1. The van der Waals surface area contributed by atoms with Gasteiger partial charge in [-0.1, -0.05) is 23.4 Å². The molecule has 3 rings (SSSR count). The van der Waals surface area contributed by atoms with E-state index in [-0.39, 0.29) is 18.7 Å². The minimum atomic E-state index is -0.456. The smallest absolute Gasteiger partial charge is 0.306 e. The van der Waals surface area contributed by atoms with Gasteiger partial charge in [-0.2, -0.15) is 0 Å². The minimum absolute atomic E-state index is 0.0365. The Labute approximate surface area is 166 Å². The Hall–Kier alpha value is -3.00. The van der Waals surface area contributed by atoms with Crippen LogP contribution in [-0.4, -0.2) is 36.2 Å². The summed E-state index contributed by atoms with van der Waals surface area (Å²) in [6, 6.07) is 9.34. The molecule has 28 heavy (non-hydrogen) atoms. The number of esters is 1. The number of anilines is 1. The average molecular weight is 399 g/mol. The fourth-order valence-electron chi connectivity index (χ4n) is 2.99. The van der Waals surface area contributed by atoms with Crippen LogP contribution in [-0.2, 0) is 14.3 Å². The highest BCUT2D eigenvalue weighted by Crippen LogP contribution is 2.33. The van der Waals surface area contributed by atoms with Gasteiger partial charge in [-0.3, -0.25) is 9.59 Å². The Balaban J connectivity index is 1.85. The molecule has 7 nitrogen and oxygen atoms in total. The van der Waals surface area contributed by atoms with E-state index in [0.717, 1.165) is 11.3 Å². The van der Waals surface area contributed by atoms with Crippen LogP contribution in [0.1, 0.15) is 30.0 Å². The first-order valence-electron chi connectivity index (χ1n) is 8.74. The summed E-state index contributed by atoms with van der Waals surface area (Å²) in [5.41, 5.74) is 4.52. The van der Waals surface area contributed by atoms with Gasteiger partial charge in [0.2, 0.25) is 5.91 Å². The predicted molar refractivity (Wildman–Crippen MR) is 106 cm³/mol. The zero-order chi connectivity index (χ0) is 20.1. The average Bonchev–Trinajstić information content (AvgIpc) is 3.36. The van der Waals surface area contributed by atoms with Crippen molar-refractivity contribution >= 4 is 28.9 Å². The van der Waals surface area contributed by atoms with Crippen molar-refractivity contribution < 1.29 is 18.8 Å². The number of methoxy groups -OCH3 is 1. The SMILES string of the molecule is COC(=O)CC(CC(=O)N(C)c1ccccc1)c1noc(-c2cscn2)c1C. The number of carbonyl (C=O) groups excluding carboxylic acids is 2. The largest absolute Gasteiger partial charge is 0.469 e. The highest BCUT2D eigenvalue weighted by atomic mass is 32.1. The van der Waals surface area contributed by atoms with E-state index in [1.807, 2.05) is 42.6 Å². The Morgan fingerprint density at radius 1 is 1.25 bits per heavy atom. The van der Waals surface area contributed by atoms with Crippen molar-refractivity contribution in [2.24, 2.45) is 0 Å². The van der Waals surface area contributed by atoms with Crippen LogP contribution >= 0.6 is 11.3 Å². The molecule has 0 aliphatic heterocycles. The fraction of sp³-hybridized carbons (Fsp3) is 0.300. The molecular weight excluding hydrogens is 378 g/mol. The van der Waals surface area contributed by atoms with Gasteiger partial charge in [0.15, 0.2) is 5.76 Å². The van der Waals surface area contributed by atoms with Crippen molar-refractivity contribution in [2.45, 2.75) is 25.7 Å². The van der Waals surface area contributed by atoms with Gasteiger partial charge in [0.25, 0.3) is 0 Å². The third-order valence-corrected chi connectivity index (χ3v) is 5.18. The minimum Gasteiger partial charge on any atom is -0.469 e. The van der Waals surface area contributed by atoms with Crippen LogP contribution in [0.5, 0.6) is 0 Å². The first-order valence-corrected chi connectivity index (χ1v) is 9.68. The van der Waals surface area contributed by atoms with Crippen molar-refractivity contribution in [3.05, 3.63) is 52.5 Å². The molecule has 1 atom stereocenters. The molecule has 146 valence electrons. The molecule has 0 aliphatic rings. The van der Waals surface area contributed by atoms with Gasteiger partial charge >= 0.3 is 5.97 Å². The second kappa shape index (κ2) is 8.79. The van der Waals surface area contributed by atoms with Crippen LogP contribution in [0.25, 0.3) is 11.5 Å². The Morgan fingerprint density at radius 3 is 2.64 bits per heavy atom. The molecule has 0 N–H and O–H groups in total. The number of hydrogen-bond donors (Lipinski definition) is 0. The number of hydrogen-bond acceptors (Lipinski definition) is 7. The molecule has 1 amide bonds. The summed E-state index contributed by atoms with van der Waals surface area (Å²) in [5.74, 6) is -0.437. The quantitative estimate of drug-likeness (QED) is 0.562. The summed E-state index contributed by atoms with van der Waals surface area (Å²) in [4.78, 5) is 30.6. The number of aromatic nitrogens is 2. The molecule has 0 saturated carbocycles. The highest BCUT2D eigenvalue weighted by Gasteiger charge is 2.28. The number of nitrogens with zero attached hydrogens (tertiary/aromatic N) is 3. The number of amides is 1. The lowest BCUT2D eigenvalue weighted by Gasteiger charge is -2.20. The zero-order valence-corrected chi connectivity index (χ0v) is 16.7. The summed E-state index contributed by atoms with van der Waals surface area (Å²) in [7, 11) is 3.04. The first-order chi connectivity index (χ1) is 13.5. The third kappa shape index (κ3) is 4.28. The second-order valence-corrected chi connectivity index (χ2v) is 7.08. The van der Waals surface area contributed by atoms with Gasteiger partial charge < -0.3 is 14.2 Å². The summed E-state index contributed by atoms with van der Waals surface area (Å²) < 4.78 is 10.3. The lowest BCUT2D eigenvalue weighted by atomic mass is 9.93. The van der Waals surface area contributed by atoms with E-state index in [0.29, 0.717) is 17.1 Å². The van der Waals surface area contributed by atoms with Gasteiger partial charge in [0.1, 0.15) is 5.69 Å². The topological polar surface area (TPSA) is 85.5 Å². The van der Waals surface area contributed by atoms with Gasteiger partial charge in [-0.25, -0.2) is 4.98 Å². The van der Waals surface area contributed by atoms with Crippen LogP contribution in [0.4, 0.5) is 5.69 Å². The van der Waals surface area contributed by atoms with Crippen LogP contribution in [0, 0.1) is 6.92 Å². The Morgan fingerprint density at radius 2 is 2.00 bits per heavy atom. The lowest BCUT2D eigenvalue weighted by molar-refractivity contribution is -0.141. The zero-order valence-electron chi connectivity index (χ0n) is 15.9. The lowest BCUT2D eigenvalue weighted by Crippen LogP contribution is -2.28. The van der Waals surface area contributed by atoms with Crippen LogP contribution in [0.3, 0.4) is 0 Å². The van der Waals surface area contributed by atoms with Crippen LogP contribution in [0.15, 0.2) is 45.7 Å². The number of para-hydroxylation sites is 1. The Kier molecular flexibility index (Phi) is 6.20. The van der Waals surface area contributed by atoms with E-state index in [1.165, 1.54) is 18.4 Å². The van der Waals surface area contributed by atoms with Gasteiger partial charge in [0, 0.05) is 36.0 Å². The maximum absolute atomic E-state index is 12.8. The maximum atomic E-state index is 12.8. The molecule has 8 heteroatoms. The third-order valence-electron chi connectivity index (χ3n) is 4.59. The summed E-state index contributed by atoms with van der Waals surface area (Å²) in [6.07, 6.45) is 0.138. The van der Waals surface area contributed by atoms with E-state index < -0.39 is 11.9 Å². The molecule has 3 aromatic rings.